The van der Waals surface area contributed by atoms with E-state index in [-0.39, 0.29) is 6.10 Å². The molecule has 0 aliphatic rings. The molecule has 1 aromatic rings. The van der Waals surface area contributed by atoms with Crippen LogP contribution in [0.2, 0.25) is 0 Å². The zero-order chi connectivity index (χ0) is 12.8. The van der Waals surface area contributed by atoms with Crippen LogP contribution in [0.15, 0.2) is 18.2 Å². The Bertz CT molecular complexity index is 350. The van der Waals surface area contributed by atoms with Crippen molar-refractivity contribution in [1.82, 2.24) is 0 Å². The van der Waals surface area contributed by atoms with Crippen LogP contribution < -0.4 is 10.5 Å². The standard InChI is InChI=1S/C14H23NO2/c1-10(2)13-9-11(4-5-14(13)17-3)8-12(16)6-7-15/h4-5,9-10,12,16H,6-8,15H2,1-3H3. The summed E-state index contributed by atoms with van der Waals surface area (Å²) in [6.45, 7) is 4.80. The van der Waals surface area contributed by atoms with Crippen LogP contribution in [0.4, 0.5) is 0 Å². The molecule has 0 saturated heterocycles. The predicted molar refractivity (Wildman–Crippen MR) is 70.5 cm³/mol. The summed E-state index contributed by atoms with van der Waals surface area (Å²) in [5.41, 5.74) is 7.75. The van der Waals surface area contributed by atoms with Crippen molar-refractivity contribution in [2.75, 3.05) is 13.7 Å². The van der Waals surface area contributed by atoms with E-state index < -0.39 is 0 Å². The molecular formula is C14H23NO2. The normalized spacial score (nSPS) is 12.8. The van der Waals surface area contributed by atoms with Crippen LogP contribution in [0.5, 0.6) is 5.75 Å². The molecule has 0 heterocycles. The third-order valence-electron chi connectivity index (χ3n) is 2.89. The zero-order valence-corrected chi connectivity index (χ0v) is 10.9. The molecule has 0 saturated carbocycles. The number of benzene rings is 1. The van der Waals surface area contributed by atoms with Gasteiger partial charge in [0, 0.05) is 0 Å². The highest BCUT2D eigenvalue weighted by Crippen LogP contribution is 2.27. The van der Waals surface area contributed by atoms with Crippen molar-refractivity contribution in [3.8, 4) is 5.75 Å². The maximum atomic E-state index is 9.75. The number of rotatable bonds is 6. The van der Waals surface area contributed by atoms with Gasteiger partial charge in [0.15, 0.2) is 0 Å². The Hall–Kier alpha value is -1.06. The summed E-state index contributed by atoms with van der Waals surface area (Å²) >= 11 is 0. The number of aliphatic hydroxyl groups excluding tert-OH is 1. The fraction of sp³-hybridized carbons (Fsp3) is 0.571. The first kappa shape index (κ1) is 14.0. The van der Waals surface area contributed by atoms with Gasteiger partial charge >= 0.3 is 0 Å². The molecule has 0 spiro atoms. The molecule has 0 aliphatic heterocycles. The van der Waals surface area contributed by atoms with Gasteiger partial charge in [-0.05, 0) is 42.5 Å². The van der Waals surface area contributed by atoms with E-state index in [9.17, 15) is 5.11 Å². The Morgan fingerprint density at radius 1 is 1.35 bits per heavy atom. The topological polar surface area (TPSA) is 55.5 Å². The molecule has 0 fully saturated rings. The van der Waals surface area contributed by atoms with Crippen molar-refractivity contribution in [3.05, 3.63) is 29.3 Å². The van der Waals surface area contributed by atoms with Crippen LogP contribution in [0.1, 0.15) is 37.3 Å². The Morgan fingerprint density at radius 2 is 2.06 bits per heavy atom. The highest BCUT2D eigenvalue weighted by atomic mass is 16.5. The molecule has 1 atom stereocenters. The first-order valence-corrected chi connectivity index (χ1v) is 6.13. The van der Waals surface area contributed by atoms with Gasteiger partial charge in [-0.3, -0.25) is 0 Å². The lowest BCUT2D eigenvalue weighted by Gasteiger charge is -2.15. The summed E-state index contributed by atoms with van der Waals surface area (Å²) in [7, 11) is 1.68. The number of aliphatic hydroxyl groups is 1. The molecule has 0 amide bonds. The minimum Gasteiger partial charge on any atom is -0.496 e. The van der Waals surface area contributed by atoms with Crippen LogP contribution in [0.25, 0.3) is 0 Å². The third kappa shape index (κ3) is 4.02. The van der Waals surface area contributed by atoms with Crippen molar-refractivity contribution in [2.45, 2.75) is 38.7 Å². The monoisotopic (exact) mass is 237 g/mol. The SMILES string of the molecule is COc1ccc(CC(O)CCN)cc1C(C)C. The van der Waals surface area contributed by atoms with Gasteiger partial charge in [-0.2, -0.15) is 0 Å². The van der Waals surface area contributed by atoms with E-state index in [4.69, 9.17) is 10.5 Å². The Balaban J connectivity index is 2.84. The Morgan fingerprint density at radius 3 is 2.59 bits per heavy atom. The molecule has 3 nitrogen and oxygen atoms in total. The first-order chi connectivity index (χ1) is 8.08. The van der Waals surface area contributed by atoms with Crippen molar-refractivity contribution in [3.63, 3.8) is 0 Å². The second-order valence-electron chi connectivity index (χ2n) is 4.67. The highest BCUT2D eigenvalue weighted by Gasteiger charge is 2.10. The van der Waals surface area contributed by atoms with Crippen LogP contribution in [0.3, 0.4) is 0 Å². The number of nitrogens with two attached hydrogens (primary N) is 1. The molecule has 17 heavy (non-hydrogen) atoms. The van der Waals surface area contributed by atoms with Gasteiger partial charge in [0.25, 0.3) is 0 Å². The van der Waals surface area contributed by atoms with E-state index in [0.29, 0.717) is 25.3 Å². The average Bonchev–Trinajstić information content (AvgIpc) is 2.29. The predicted octanol–water partition coefficient (Wildman–Crippen LogP) is 2.07. The lowest BCUT2D eigenvalue weighted by Crippen LogP contribution is -2.16. The van der Waals surface area contributed by atoms with Crippen molar-refractivity contribution >= 4 is 0 Å². The molecule has 0 radical (unpaired) electrons. The summed E-state index contributed by atoms with van der Waals surface area (Å²) in [6, 6.07) is 6.09. The summed E-state index contributed by atoms with van der Waals surface area (Å²) in [6.07, 6.45) is 0.942. The number of hydrogen-bond acceptors (Lipinski definition) is 3. The zero-order valence-electron chi connectivity index (χ0n) is 10.9. The summed E-state index contributed by atoms with van der Waals surface area (Å²) in [5.74, 6) is 1.33. The van der Waals surface area contributed by atoms with Gasteiger partial charge in [0.1, 0.15) is 5.75 Å². The van der Waals surface area contributed by atoms with E-state index in [1.165, 1.54) is 5.56 Å². The molecule has 3 N–H and O–H groups in total. The quantitative estimate of drug-likeness (QED) is 0.796. The molecule has 1 unspecified atom stereocenters. The second-order valence-corrected chi connectivity index (χ2v) is 4.67. The summed E-state index contributed by atoms with van der Waals surface area (Å²) in [5, 5.41) is 9.75. The molecule has 1 aromatic carbocycles. The minimum atomic E-state index is -0.353. The lowest BCUT2D eigenvalue weighted by molar-refractivity contribution is 0.167. The van der Waals surface area contributed by atoms with E-state index in [1.54, 1.807) is 7.11 Å². The Kier molecular flexibility index (Phi) is 5.45. The maximum Gasteiger partial charge on any atom is 0.122 e. The Labute approximate surface area is 104 Å². The van der Waals surface area contributed by atoms with E-state index in [0.717, 1.165) is 11.3 Å². The van der Waals surface area contributed by atoms with Crippen molar-refractivity contribution in [1.29, 1.82) is 0 Å². The summed E-state index contributed by atoms with van der Waals surface area (Å²) < 4.78 is 5.33. The third-order valence-corrected chi connectivity index (χ3v) is 2.89. The molecule has 96 valence electrons. The fourth-order valence-corrected chi connectivity index (χ4v) is 1.93. The van der Waals surface area contributed by atoms with Gasteiger partial charge in [-0.15, -0.1) is 0 Å². The van der Waals surface area contributed by atoms with Gasteiger partial charge in [0.2, 0.25) is 0 Å². The lowest BCUT2D eigenvalue weighted by atomic mass is 9.96. The highest BCUT2D eigenvalue weighted by molar-refractivity contribution is 5.39. The molecule has 0 aromatic heterocycles. The molecular weight excluding hydrogens is 214 g/mol. The van der Waals surface area contributed by atoms with Gasteiger partial charge < -0.3 is 15.6 Å². The summed E-state index contributed by atoms with van der Waals surface area (Å²) in [4.78, 5) is 0. The van der Waals surface area contributed by atoms with Crippen LogP contribution >= 0.6 is 0 Å². The molecule has 3 heteroatoms. The van der Waals surface area contributed by atoms with Crippen LogP contribution in [-0.2, 0) is 6.42 Å². The maximum absolute atomic E-state index is 9.75. The van der Waals surface area contributed by atoms with E-state index >= 15 is 0 Å². The first-order valence-electron chi connectivity index (χ1n) is 6.13. The molecule has 0 aliphatic carbocycles. The number of hydrogen-bond donors (Lipinski definition) is 2. The average molecular weight is 237 g/mol. The second kappa shape index (κ2) is 6.62. The van der Waals surface area contributed by atoms with Crippen LogP contribution in [-0.4, -0.2) is 24.9 Å². The molecule has 1 rings (SSSR count). The smallest absolute Gasteiger partial charge is 0.122 e. The van der Waals surface area contributed by atoms with Gasteiger partial charge in [-0.25, -0.2) is 0 Å². The van der Waals surface area contributed by atoms with E-state index in [2.05, 4.69) is 19.9 Å². The largest absolute Gasteiger partial charge is 0.496 e. The fourth-order valence-electron chi connectivity index (χ4n) is 1.93. The number of ether oxygens (including phenoxy) is 1. The number of methoxy groups -OCH3 is 1. The van der Waals surface area contributed by atoms with Crippen LogP contribution in [0, 0.1) is 0 Å². The van der Waals surface area contributed by atoms with E-state index in [1.807, 2.05) is 12.1 Å². The minimum absolute atomic E-state index is 0.353. The van der Waals surface area contributed by atoms with Crippen molar-refractivity contribution in [2.24, 2.45) is 5.73 Å². The molecule has 0 bridgehead atoms. The van der Waals surface area contributed by atoms with Crippen molar-refractivity contribution < 1.29 is 9.84 Å². The van der Waals surface area contributed by atoms with Gasteiger partial charge in [-0.1, -0.05) is 26.0 Å². The van der Waals surface area contributed by atoms with Gasteiger partial charge in [0.05, 0.1) is 13.2 Å².